The molecule has 0 fully saturated rings. The van der Waals surface area contributed by atoms with Gasteiger partial charge in [0.2, 0.25) is 0 Å². The highest BCUT2D eigenvalue weighted by atomic mass is 79.9. The van der Waals surface area contributed by atoms with Gasteiger partial charge in [-0.05, 0) is 36.4 Å². The van der Waals surface area contributed by atoms with Gasteiger partial charge >= 0.3 is 11.3 Å². The highest BCUT2D eigenvalue weighted by Crippen LogP contribution is 2.26. The van der Waals surface area contributed by atoms with Crippen LogP contribution in [0.1, 0.15) is 0 Å². The van der Waals surface area contributed by atoms with Crippen molar-refractivity contribution in [2.45, 2.75) is 0 Å². The molecule has 2 aromatic heterocycles. The molecule has 2 aromatic carbocycles. The van der Waals surface area contributed by atoms with Crippen molar-refractivity contribution in [1.29, 1.82) is 0 Å². The second-order valence-corrected chi connectivity index (χ2v) is 7.47. The number of halogens is 2. The summed E-state index contributed by atoms with van der Waals surface area (Å²) in [4.78, 5) is 24.9. The van der Waals surface area contributed by atoms with E-state index in [2.05, 4.69) is 31.9 Å². The topological polar surface area (TPSA) is 60.4 Å². The zero-order valence-corrected chi connectivity index (χ0v) is 16.3. The molecule has 0 unspecified atom stereocenters. The first-order valence-corrected chi connectivity index (χ1v) is 9.24. The van der Waals surface area contributed by atoms with E-state index in [1.54, 1.807) is 24.3 Å². The monoisotopic (exact) mass is 472 g/mol. The Bertz CT molecular complexity index is 1120. The molecule has 0 amide bonds. The summed E-state index contributed by atoms with van der Waals surface area (Å²) < 4.78 is 12.7. The van der Waals surface area contributed by atoms with Crippen LogP contribution in [-0.2, 0) is 0 Å². The van der Waals surface area contributed by atoms with Gasteiger partial charge < -0.3 is 8.83 Å². The molecule has 4 rings (SSSR count). The van der Waals surface area contributed by atoms with E-state index in [0.717, 1.165) is 8.95 Å². The predicted octanol–water partition coefficient (Wildman–Crippen LogP) is 5.61. The first kappa shape index (κ1) is 17.0. The van der Waals surface area contributed by atoms with Gasteiger partial charge in [-0.15, -0.1) is 0 Å². The van der Waals surface area contributed by atoms with E-state index in [9.17, 15) is 9.59 Å². The molecule has 0 saturated carbocycles. The number of hydrogen-bond acceptors (Lipinski definition) is 4. The highest BCUT2D eigenvalue weighted by Gasteiger charge is 2.13. The van der Waals surface area contributed by atoms with Gasteiger partial charge in [0.15, 0.2) is 0 Å². The fraction of sp³-hybridized carbons (Fsp3) is 0. The van der Waals surface area contributed by atoms with Gasteiger partial charge in [-0.2, -0.15) is 0 Å². The van der Waals surface area contributed by atoms with Crippen molar-refractivity contribution in [3.8, 4) is 22.6 Å². The van der Waals surface area contributed by atoms with Crippen molar-refractivity contribution in [2.75, 3.05) is 0 Å². The molecule has 4 nitrogen and oxygen atoms in total. The minimum atomic E-state index is -0.577. The van der Waals surface area contributed by atoms with Gasteiger partial charge in [0.05, 0.1) is 10.8 Å². The summed E-state index contributed by atoms with van der Waals surface area (Å²) in [6, 6.07) is 17.6. The molecule has 4 aromatic rings. The number of hydrogen-bond donors (Lipinski definition) is 0. The molecule has 0 bridgehead atoms. The molecule has 0 saturated heterocycles. The summed E-state index contributed by atoms with van der Waals surface area (Å²) in [5.41, 5.74) is 0.241. The van der Waals surface area contributed by atoms with Gasteiger partial charge in [0, 0.05) is 20.1 Å². The van der Waals surface area contributed by atoms with Gasteiger partial charge in [-0.25, -0.2) is 9.59 Å². The van der Waals surface area contributed by atoms with Crippen LogP contribution >= 0.6 is 31.9 Å². The molecule has 6 heteroatoms. The Balaban J connectivity index is 1.91. The van der Waals surface area contributed by atoms with E-state index in [1.807, 2.05) is 24.3 Å². The fourth-order valence-electron chi connectivity index (χ4n) is 2.64. The number of fused-ring (bicyclic) bond motifs is 1. The minimum Gasteiger partial charge on any atom is -0.422 e. The maximum absolute atomic E-state index is 12.5. The summed E-state index contributed by atoms with van der Waals surface area (Å²) in [6.45, 7) is 0. The Morgan fingerprint density at radius 1 is 0.577 bits per heavy atom. The van der Waals surface area contributed by atoms with Gasteiger partial charge in [0.25, 0.3) is 0 Å². The Labute approximate surface area is 164 Å². The van der Waals surface area contributed by atoms with Crippen LogP contribution in [0.25, 0.3) is 33.4 Å². The SMILES string of the molecule is O=c1oc(-c2ccc(Br)cc2)cc2c(=O)oc(-c3ccc(Br)cc3)cc12. The molecule has 26 heavy (non-hydrogen) atoms. The third kappa shape index (κ3) is 3.18. The molecule has 128 valence electrons. The lowest BCUT2D eigenvalue weighted by Gasteiger charge is -2.05. The van der Waals surface area contributed by atoms with Gasteiger partial charge in [-0.3, -0.25) is 0 Å². The van der Waals surface area contributed by atoms with Crippen LogP contribution in [0.3, 0.4) is 0 Å². The second-order valence-electron chi connectivity index (χ2n) is 5.64. The minimum absolute atomic E-state index is 0.194. The van der Waals surface area contributed by atoms with Crippen molar-refractivity contribution < 1.29 is 8.83 Å². The van der Waals surface area contributed by atoms with Crippen molar-refractivity contribution in [3.05, 3.63) is 90.4 Å². The standard InChI is InChI=1S/C20H10Br2O4/c21-13-5-1-11(2-6-13)17-9-15-16(19(23)25-17)10-18(26-20(15)24)12-3-7-14(22)8-4-12/h1-10H. The van der Waals surface area contributed by atoms with Crippen molar-refractivity contribution in [2.24, 2.45) is 0 Å². The molecular weight excluding hydrogens is 464 g/mol. The normalized spacial score (nSPS) is 11.0. The molecule has 0 atom stereocenters. The Kier molecular flexibility index (Phi) is 4.38. The summed E-state index contributed by atoms with van der Waals surface area (Å²) in [5, 5.41) is 0.389. The Hall–Kier alpha value is -2.44. The molecule has 0 aliphatic heterocycles. The van der Waals surface area contributed by atoms with E-state index in [1.165, 1.54) is 12.1 Å². The second kappa shape index (κ2) is 6.70. The van der Waals surface area contributed by atoms with E-state index in [0.29, 0.717) is 22.6 Å². The fourth-order valence-corrected chi connectivity index (χ4v) is 3.17. The van der Waals surface area contributed by atoms with Crippen LogP contribution < -0.4 is 11.3 Å². The highest BCUT2D eigenvalue weighted by molar-refractivity contribution is 9.10. The van der Waals surface area contributed by atoms with E-state index >= 15 is 0 Å². The maximum atomic E-state index is 12.5. The zero-order chi connectivity index (χ0) is 18.3. The van der Waals surface area contributed by atoms with Crippen LogP contribution in [0, 0.1) is 0 Å². The van der Waals surface area contributed by atoms with Crippen LogP contribution in [0.4, 0.5) is 0 Å². The van der Waals surface area contributed by atoms with Crippen molar-refractivity contribution in [3.63, 3.8) is 0 Å². The van der Waals surface area contributed by atoms with E-state index in [-0.39, 0.29) is 10.8 Å². The lowest BCUT2D eigenvalue weighted by Crippen LogP contribution is -2.08. The molecule has 0 spiro atoms. The molecule has 0 radical (unpaired) electrons. The summed E-state index contributed by atoms with van der Waals surface area (Å²) >= 11 is 6.72. The third-order valence-corrected chi connectivity index (χ3v) is 5.00. The van der Waals surface area contributed by atoms with Gasteiger partial charge in [0.1, 0.15) is 11.5 Å². The Morgan fingerprint density at radius 3 is 1.27 bits per heavy atom. The molecule has 2 heterocycles. The average Bonchev–Trinajstić information content (AvgIpc) is 2.63. The zero-order valence-electron chi connectivity index (χ0n) is 13.2. The Morgan fingerprint density at radius 2 is 0.923 bits per heavy atom. The third-order valence-electron chi connectivity index (χ3n) is 3.94. The lowest BCUT2D eigenvalue weighted by molar-refractivity contribution is 0.520. The summed E-state index contributed by atoms with van der Waals surface area (Å²) in [7, 11) is 0. The van der Waals surface area contributed by atoms with Crippen LogP contribution in [0.15, 0.2) is 88.0 Å². The molecular formula is C20H10Br2O4. The molecule has 0 aliphatic carbocycles. The largest absolute Gasteiger partial charge is 0.422 e. The molecule has 0 N–H and O–H groups in total. The quantitative estimate of drug-likeness (QED) is 0.380. The number of rotatable bonds is 2. The predicted molar refractivity (Wildman–Crippen MR) is 107 cm³/mol. The van der Waals surface area contributed by atoms with E-state index < -0.39 is 11.3 Å². The number of benzene rings is 2. The van der Waals surface area contributed by atoms with Crippen LogP contribution in [0.5, 0.6) is 0 Å². The van der Waals surface area contributed by atoms with E-state index in [4.69, 9.17) is 8.83 Å². The van der Waals surface area contributed by atoms with Crippen molar-refractivity contribution in [1.82, 2.24) is 0 Å². The summed E-state index contributed by atoms with van der Waals surface area (Å²) in [6.07, 6.45) is 0. The van der Waals surface area contributed by atoms with Crippen LogP contribution in [-0.4, -0.2) is 0 Å². The smallest absolute Gasteiger partial charge is 0.344 e. The summed E-state index contributed by atoms with van der Waals surface area (Å²) in [5.74, 6) is 0.636. The van der Waals surface area contributed by atoms with Crippen molar-refractivity contribution >= 4 is 42.6 Å². The first-order valence-electron chi connectivity index (χ1n) is 7.65. The first-order chi connectivity index (χ1) is 12.5. The average molecular weight is 474 g/mol. The maximum Gasteiger partial charge on any atom is 0.344 e. The van der Waals surface area contributed by atoms with Crippen LogP contribution in [0.2, 0.25) is 0 Å². The molecule has 0 aliphatic rings. The van der Waals surface area contributed by atoms with Gasteiger partial charge in [-0.1, -0.05) is 56.1 Å². The lowest BCUT2D eigenvalue weighted by atomic mass is 10.1.